The second-order valence-corrected chi connectivity index (χ2v) is 8.22. The van der Waals surface area contributed by atoms with E-state index in [0.29, 0.717) is 22.4 Å². The summed E-state index contributed by atoms with van der Waals surface area (Å²) >= 11 is 5.96. The van der Waals surface area contributed by atoms with Crippen LogP contribution < -0.4 is 9.64 Å². The fourth-order valence-corrected chi connectivity index (χ4v) is 4.27. The number of Topliss-reactive ketones (excluding diaryl/α,β-unsaturated/α-hetero) is 1. The van der Waals surface area contributed by atoms with Gasteiger partial charge in [-0.05, 0) is 60.9 Å². The zero-order valence-electron chi connectivity index (χ0n) is 18.2. The van der Waals surface area contributed by atoms with Crippen molar-refractivity contribution in [1.82, 2.24) is 0 Å². The standard InChI is InChI=1S/C26H21ClFNO4/c1-14-12-21(33-3)15(2)11-18(14)24(30)22-23(16-7-5-4-6-8-16)29(26(32)25(22)31)17-9-10-20(28)19(27)13-17/h4-13,23,30H,1-3H3/b24-22+. The molecule has 0 aliphatic carbocycles. The maximum atomic E-state index is 13.8. The maximum Gasteiger partial charge on any atom is 0.300 e. The summed E-state index contributed by atoms with van der Waals surface area (Å²) in [5.74, 6) is -1.96. The Balaban J connectivity index is 1.97. The molecule has 0 spiro atoms. The Morgan fingerprint density at radius 2 is 1.73 bits per heavy atom. The van der Waals surface area contributed by atoms with Crippen LogP contribution in [0.2, 0.25) is 5.02 Å². The number of ether oxygens (including phenoxy) is 1. The fourth-order valence-electron chi connectivity index (χ4n) is 4.09. The topological polar surface area (TPSA) is 66.8 Å². The molecule has 1 aliphatic heterocycles. The number of hydrogen-bond acceptors (Lipinski definition) is 4. The lowest BCUT2D eigenvalue weighted by Crippen LogP contribution is -2.29. The van der Waals surface area contributed by atoms with Crippen LogP contribution in [0.25, 0.3) is 5.76 Å². The molecule has 1 aliphatic rings. The number of aliphatic hydroxyl groups is 1. The first-order valence-electron chi connectivity index (χ1n) is 10.2. The molecule has 1 N–H and O–H groups in total. The summed E-state index contributed by atoms with van der Waals surface area (Å²) in [5.41, 5.74) is 2.67. The van der Waals surface area contributed by atoms with E-state index in [0.717, 1.165) is 11.6 Å². The van der Waals surface area contributed by atoms with Crippen molar-refractivity contribution in [2.45, 2.75) is 19.9 Å². The molecule has 0 saturated carbocycles. The van der Waals surface area contributed by atoms with Crippen molar-refractivity contribution in [1.29, 1.82) is 0 Å². The lowest BCUT2D eigenvalue weighted by atomic mass is 9.93. The highest BCUT2D eigenvalue weighted by atomic mass is 35.5. The molecule has 3 aromatic carbocycles. The Hall–Kier alpha value is -3.64. The lowest BCUT2D eigenvalue weighted by Gasteiger charge is -2.25. The molecule has 1 fully saturated rings. The minimum absolute atomic E-state index is 0.0562. The molecule has 1 atom stereocenters. The number of amides is 1. The van der Waals surface area contributed by atoms with Crippen LogP contribution in [0.4, 0.5) is 10.1 Å². The first kappa shape index (κ1) is 22.6. The maximum absolute atomic E-state index is 13.8. The van der Waals surface area contributed by atoms with Crippen LogP contribution in [0.5, 0.6) is 5.75 Å². The number of benzene rings is 3. The summed E-state index contributed by atoms with van der Waals surface area (Å²) in [6.45, 7) is 3.60. The van der Waals surface area contributed by atoms with Gasteiger partial charge in [-0.25, -0.2) is 4.39 Å². The largest absolute Gasteiger partial charge is 0.507 e. The molecule has 1 saturated heterocycles. The number of carbonyl (C=O) groups excluding carboxylic acids is 2. The highest BCUT2D eigenvalue weighted by molar-refractivity contribution is 6.51. The Kier molecular flexibility index (Phi) is 5.95. The van der Waals surface area contributed by atoms with E-state index in [1.54, 1.807) is 56.5 Å². The van der Waals surface area contributed by atoms with Gasteiger partial charge >= 0.3 is 0 Å². The van der Waals surface area contributed by atoms with Gasteiger partial charge in [0.15, 0.2) is 0 Å². The molecule has 0 bridgehead atoms. The van der Waals surface area contributed by atoms with E-state index in [-0.39, 0.29) is 22.0 Å². The quantitative estimate of drug-likeness (QED) is 0.303. The van der Waals surface area contributed by atoms with Gasteiger partial charge < -0.3 is 9.84 Å². The molecule has 168 valence electrons. The molecule has 0 radical (unpaired) electrons. The number of nitrogens with zero attached hydrogens (tertiary/aromatic N) is 1. The molecule has 7 heteroatoms. The van der Waals surface area contributed by atoms with E-state index < -0.39 is 23.5 Å². The molecule has 4 rings (SSSR count). The number of methoxy groups -OCH3 is 1. The zero-order valence-corrected chi connectivity index (χ0v) is 19.0. The van der Waals surface area contributed by atoms with Crippen LogP contribution >= 0.6 is 11.6 Å². The predicted octanol–water partition coefficient (Wildman–Crippen LogP) is 5.73. The van der Waals surface area contributed by atoms with Gasteiger partial charge in [-0.3, -0.25) is 14.5 Å². The van der Waals surface area contributed by atoms with Gasteiger partial charge in [0.2, 0.25) is 0 Å². The van der Waals surface area contributed by atoms with Gasteiger partial charge in [-0.1, -0.05) is 41.9 Å². The molecular formula is C26H21ClFNO4. The summed E-state index contributed by atoms with van der Waals surface area (Å²) in [7, 11) is 1.55. The summed E-state index contributed by atoms with van der Waals surface area (Å²) in [6.07, 6.45) is 0. The van der Waals surface area contributed by atoms with E-state index in [9.17, 15) is 19.1 Å². The van der Waals surface area contributed by atoms with Crippen LogP contribution in [0.1, 0.15) is 28.3 Å². The number of halogens is 2. The number of aryl methyl sites for hydroxylation is 2. The van der Waals surface area contributed by atoms with Crippen molar-refractivity contribution in [3.8, 4) is 5.75 Å². The number of ketones is 1. The molecule has 5 nitrogen and oxygen atoms in total. The van der Waals surface area contributed by atoms with Crippen molar-refractivity contribution in [2.75, 3.05) is 12.0 Å². The van der Waals surface area contributed by atoms with E-state index in [1.165, 1.54) is 17.0 Å². The molecular weight excluding hydrogens is 445 g/mol. The summed E-state index contributed by atoms with van der Waals surface area (Å²) in [4.78, 5) is 27.6. The second-order valence-electron chi connectivity index (χ2n) is 7.81. The second kappa shape index (κ2) is 8.71. The van der Waals surface area contributed by atoms with Crippen molar-refractivity contribution >= 4 is 34.7 Å². The van der Waals surface area contributed by atoms with E-state index in [4.69, 9.17) is 16.3 Å². The summed E-state index contributed by atoms with van der Waals surface area (Å²) in [5, 5.41) is 11.1. The third-order valence-electron chi connectivity index (χ3n) is 5.74. The molecule has 33 heavy (non-hydrogen) atoms. The van der Waals surface area contributed by atoms with Gasteiger partial charge in [0.05, 0.1) is 23.7 Å². The van der Waals surface area contributed by atoms with Crippen LogP contribution in [0.3, 0.4) is 0 Å². The van der Waals surface area contributed by atoms with E-state index in [1.807, 2.05) is 6.92 Å². The van der Waals surface area contributed by atoms with Crippen LogP contribution in [0, 0.1) is 19.7 Å². The number of carbonyl (C=O) groups is 2. The monoisotopic (exact) mass is 465 g/mol. The SMILES string of the molecule is COc1cc(C)c(/C(O)=C2\C(=O)C(=O)N(c3ccc(F)c(Cl)c3)C2c2ccccc2)cc1C. The van der Waals surface area contributed by atoms with Crippen molar-refractivity contribution in [3.05, 3.63) is 99.3 Å². The third-order valence-corrected chi connectivity index (χ3v) is 6.03. The van der Waals surface area contributed by atoms with Gasteiger partial charge in [-0.2, -0.15) is 0 Å². The highest BCUT2D eigenvalue weighted by Gasteiger charge is 2.47. The molecule has 3 aromatic rings. The lowest BCUT2D eigenvalue weighted by molar-refractivity contribution is -0.132. The fraction of sp³-hybridized carbons (Fsp3) is 0.154. The molecule has 1 amide bonds. The van der Waals surface area contributed by atoms with Gasteiger partial charge in [0.1, 0.15) is 17.3 Å². The highest BCUT2D eigenvalue weighted by Crippen LogP contribution is 2.43. The van der Waals surface area contributed by atoms with Crippen LogP contribution in [0.15, 0.2) is 66.2 Å². The number of anilines is 1. The summed E-state index contributed by atoms with van der Waals surface area (Å²) < 4.78 is 19.1. The third kappa shape index (κ3) is 3.87. The van der Waals surface area contributed by atoms with E-state index in [2.05, 4.69) is 0 Å². The minimum atomic E-state index is -0.922. The molecule has 1 heterocycles. The zero-order chi connectivity index (χ0) is 23.9. The summed E-state index contributed by atoms with van der Waals surface area (Å²) in [6, 6.07) is 15.2. The number of rotatable bonds is 4. The smallest absolute Gasteiger partial charge is 0.300 e. The molecule has 0 aromatic heterocycles. The average molecular weight is 466 g/mol. The normalized spacial score (nSPS) is 17.5. The number of aliphatic hydroxyl groups excluding tert-OH is 1. The molecule has 1 unspecified atom stereocenters. The first-order chi connectivity index (χ1) is 15.7. The van der Waals surface area contributed by atoms with Gasteiger partial charge in [-0.15, -0.1) is 0 Å². The van der Waals surface area contributed by atoms with Crippen molar-refractivity contribution < 1.29 is 23.8 Å². The van der Waals surface area contributed by atoms with Crippen molar-refractivity contribution in [3.63, 3.8) is 0 Å². The van der Waals surface area contributed by atoms with E-state index >= 15 is 0 Å². The van der Waals surface area contributed by atoms with Crippen LogP contribution in [-0.2, 0) is 9.59 Å². The van der Waals surface area contributed by atoms with Crippen LogP contribution in [-0.4, -0.2) is 23.9 Å². The minimum Gasteiger partial charge on any atom is -0.507 e. The number of hydrogen-bond donors (Lipinski definition) is 1. The average Bonchev–Trinajstić information content (AvgIpc) is 3.07. The Labute approximate surface area is 195 Å². The Morgan fingerprint density at radius 1 is 1.03 bits per heavy atom. The van der Waals surface area contributed by atoms with Gasteiger partial charge in [0, 0.05) is 11.3 Å². The van der Waals surface area contributed by atoms with Gasteiger partial charge in [0.25, 0.3) is 11.7 Å². The predicted molar refractivity (Wildman–Crippen MR) is 125 cm³/mol. The Morgan fingerprint density at radius 3 is 2.36 bits per heavy atom. The first-order valence-corrected chi connectivity index (χ1v) is 10.6. The van der Waals surface area contributed by atoms with Crippen molar-refractivity contribution in [2.24, 2.45) is 0 Å². The Bertz CT molecular complexity index is 1300.